The molecule has 5 heteroatoms. The van der Waals surface area contributed by atoms with E-state index in [4.69, 9.17) is 0 Å². The molecule has 0 aliphatic heterocycles. The van der Waals surface area contributed by atoms with Crippen molar-refractivity contribution >= 4 is 33.4 Å². The average Bonchev–Trinajstić information content (AvgIpc) is 2.38. The highest BCUT2D eigenvalue weighted by Gasteiger charge is 2.16. The van der Waals surface area contributed by atoms with E-state index >= 15 is 0 Å². The SMILES string of the molecule is CC(=O)N(CCC(=O)NCC(C)C)c1ccc(C)cc1Br. The first-order valence-corrected chi connectivity index (χ1v) is 7.91. The van der Waals surface area contributed by atoms with Crippen molar-refractivity contribution in [3.63, 3.8) is 0 Å². The molecule has 0 unspecified atom stereocenters. The Balaban J connectivity index is 2.71. The van der Waals surface area contributed by atoms with Gasteiger partial charge in [0, 0.05) is 30.9 Å². The second-order valence-electron chi connectivity index (χ2n) is 5.57. The van der Waals surface area contributed by atoms with Crippen molar-refractivity contribution in [1.82, 2.24) is 5.32 Å². The monoisotopic (exact) mass is 354 g/mol. The topological polar surface area (TPSA) is 49.4 Å². The molecule has 0 saturated heterocycles. The summed E-state index contributed by atoms with van der Waals surface area (Å²) >= 11 is 3.48. The molecule has 0 radical (unpaired) electrons. The van der Waals surface area contributed by atoms with E-state index in [9.17, 15) is 9.59 Å². The molecule has 0 aliphatic rings. The number of hydrogen-bond acceptors (Lipinski definition) is 2. The number of nitrogens with one attached hydrogen (secondary N) is 1. The van der Waals surface area contributed by atoms with Gasteiger partial charge in [0.25, 0.3) is 0 Å². The molecule has 0 atom stereocenters. The molecule has 0 bridgehead atoms. The highest BCUT2D eigenvalue weighted by Crippen LogP contribution is 2.27. The van der Waals surface area contributed by atoms with Gasteiger partial charge in [-0.25, -0.2) is 0 Å². The molecule has 1 aromatic carbocycles. The van der Waals surface area contributed by atoms with Crippen molar-refractivity contribution in [2.45, 2.75) is 34.1 Å². The van der Waals surface area contributed by atoms with Crippen LogP contribution in [0.25, 0.3) is 0 Å². The normalized spacial score (nSPS) is 10.6. The molecule has 0 aliphatic carbocycles. The Labute approximate surface area is 135 Å². The minimum atomic E-state index is -0.0730. The summed E-state index contributed by atoms with van der Waals surface area (Å²) in [7, 11) is 0. The van der Waals surface area contributed by atoms with E-state index in [2.05, 4.69) is 21.2 Å². The van der Waals surface area contributed by atoms with Gasteiger partial charge >= 0.3 is 0 Å². The maximum Gasteiger partial charge on any atom is 0.223 e. The Morgan fingerprint density at radius 2 is 2.00 bits per heavy atom. The van der Waals surface area contributed by atoms with Crippen LogP contribution < -0.4 is 10.2 Å². The lowest BCUT2D eigenvalue weighted by atomic mass is 10.2. The number of nitrogens with zero attached hydrogens (tertiary/aromatic N) is 1. The van der Waals surface area contributed by atoms with Gasteiger partial charge in [0.2, 0.25) is 11.8 Å². The van der Waals surface area contributed by atoms with Gasteiger partial charge in [-0.2, -0.15) is 0 Å². The number of anilines is 1. The smallest absolute Gasteiger partial charge is 0.223 e. The fraction of sp³-hybridized carbons (Fsp3) is 0.500. The Morgan fingerprint density at radius 3 is 2.52 bits per heavy atom. The van der Waals surface area contributed by atoms with Crippen molar-refractivity contribution in [2.24, 2.45) is 5.92 Å². The molecule has 0 spiro atoms. The van der Waals surface area contributed by atoms with Crippen LogP contribution in [0.1, 0.15) is 32.8 Å². The summed E-state index contributed by atoms with van der Waals surface area (Å²) in [5.41, 5.74) is 1.91. The van der Waals surface area contributed by atoms with Gasteiger partial charge in [0.15, 0.2) is 0 Å². The molecule has 2 amide bonds. The van der Waals surface area contributed by atoms with Crippen molar-refractivity contribution in [3.05, 3.63) is 28.2 Å². The van der Waals surface area contributed by atoms with Gasteiger partial charge in [-0.15, -0.1) is 0 Å². The van der Waals surface area contributed by atoms with Crippen molar-refractivity contribution in [1.29, 1.82) is 0 Å². The molecule has 21 heavy (non-hydrogen) atoms. The zero-order valence-corrected chi connectivity index (χ0v) is 14.7. The van der Waals surface area contributed by atoms with E-state index in [-0.39, 0.29) is 11.8 Å². The van der Waals surface area contributed by atoms with E-state index < -0.39 is 0 Å². The summed E-state index contributed by atoms with van der Waals surface area (Å²) < 4.78 is 0.861. The van der Waals surface area contributed by atoms with Crippen LogP contribution in [0.15, 0.2) is 22.7 Å². The highest BCUT2D eigenvalue weighted by molar-refractivity contribution is 9.10. The van der Waals surface area contributed by atoms with Gasteiger partial charge in [-0.1, -0.05) is 19.9 Å². The summed E-state index contributed by atoms with van der Waals surface area (Å²) in [6.45, 7) is 8.63. The predicted molar refractivity (Wildman–Crippen MR) is 89.4 cm³/mol. The third kappa shape index (κ3) is 5.87. The molecule has 4 nitrogen and oxygen atoms in total. The lowest BCUT2D eigenvalue weighted by Crippen LogP contribution is -2.35. The molecule has 0 fully saturated rings. The maximum absolute atomic E-state index is 11.8. The van der Waals surface area contributed by atoms with E-state index in [1.165, 1.54) is 6.92 Å². The zero-order chi connectivity index (χ0) is 16.0. The first-order valence-electron chi connectivity index (χ1n) is 7.12. The summed E-state index contributed by atoms with van der Waals surface area (Å²) in [4.78, 5) is 25.2. The number of aryl methyl sites for hydroxylation is 1. The molecule has 0 aromatic heterocycles. The molecule has 1 aromatic rings. The first-order chi connectivity index (χ1) is 9.81. The van der Waals surface area contributed by atoms with Gasteiger partial charge in [-0.3, -0.25) is 9.59 Å². The van der Waals surface area contributed by atoms with Crippen LogP contribution in [0.5, 0.6) is 0 Å². The Kier molecular flexibility index (Phi) is 6.89. The number of benzene rings is 1. The lowest BCUT2D eigenvalue weighted by Gasteiger charge is -2.22. The Bertz CT molecular complexity index is 515. The van der Waals surface area contributed by atoms with Crippen molar-refractivity contribution < 1.29 is 9.59 Å². The van der Waals surface area contributed by atoms with E-state index in [0.29, 0.717) is 25.4 Å². The summed E-state index contributed by atoms with van der Waals surface area (Å²) in [5.74, 6) is 0.318. The number of carbonyl (C=O) groups excluding carboxylic acids is 2. The minimum Gasteiger partial charge on any atom is -0.356 e. The molecular formula is C16H23BrN2O2. The number of halogens is 1. The van der Waals surface area contributed by atoms with Gasteiger partial charge in [0.1, 0.15) is 0 Å². The predicted octanol–water partition coefficient (Wildman–Crippen LogP) is 3.27. The zero-order valence-electron chi connectivity index (χ0n) is 13.1. The summed E-state index contributed by atoms with van der Waals surface area (Å²) in [6.07, 6.45) is 0.298. The van der Waals surface area contributed by atoms with Crippen LogP contribution in [0, 0.1) is 12.8 Å². The molecule has 1 rings (SSSR count). The van der Waals surface area contributed by atoms with Gasteiger partial charge < -0.3 is 10.2 Å². The second kappa shape index (κ2) is 8.17. The lowest BCUT2D eigenvalue weighted by molar-refractivity contribution is -0.121. The van der Waals surface area contributed by atoms with Crippen LogP contribution in [-0.2, 0) is 9.59 Å². The van der Waals surface area contributed by atoms with E-state index in [1.807, 2.05) is 39.0 Å². The van der Waals surface area contributed by atoms with E-state index in [1.54, 1.807) is 4.90 Å². The van der Waals surface area contributed by atoms with Gasteiger partial charge in [-0.05, 0) is 46.5 Å². The average molecular weight is 355 g/mol. The summed E-state index contributed by atoms with van der Waals surface area (Å²) in [6, 6.07) is 5.81. The van der Waals surface area contributed by atoms with Crippen LogP contribution in [0.3, 0.4) is 0 Å². The standard InChI is InChI=1S/C16H23BrN2O2/c1-11(2)10-18-16(21)7-8-19(13(4)20)15-6-5-12(3)9-14(15)17/h5-6,9,11H,7-8,10H2,1-4H3,(H,18,21). The third-order valence-electron chi connectivity index (χ3n) is 3.04. The van der Waals surface area contributed by atoms with E-state index in [0.717, 1.165) is 15.7 Å². The molecule has 0 heterocycles. The second-order valence-corrected chi connectivity index (χ2v) is 6.43. The quantitative estimate of drug-likeness (QED) is 0.852. The molecule has 1 N–H and O–H groups in total. The van der Waals surface area contributed by atoms with Crippen molar-refractivity contribution in [3.8, 4) is 0 Å². The maximum atomic E-state index is 11.8. The fourth-order valence-electron chi connectivity index (χ4n) is 1.90. The molecular weight excluding hydrogens is 332 g/mol. The minimum absolute atomic E-state index is 0.0295. The Hall–Kier alpha value is -1.36. The fourth-order valence-corrected chi connectivity index (χ4v) is 2.61. The number of amides is 2. The third-order valence-corrected chi connectivity index (χ3v) is 3.68. The first kappa shape index (κ1) is 17.7. The molecule has 0 saturated carbocycles. The highest BCUT2D eigenvalue weighted by atomic mass is 79.9. The largest absolute Gasteiger partial charge is 0.356 e. The van der Waals surface area contributed by atoms with Gasteiger partial charge in [0.05, 0.1) is 5.69 Å². The summed E-state index contributed by atoms with van der Waals surface area (Å²) in [5, 5.41) is 2.86. The van der Waals surface area contributed by atoms with Crippen molar-refractivity contribution in [2.75, 3.05) is 18.0 Å². The Morgan fingerprint density at radius 1 is 1.33 bits per heavy atom. The van der Waals surface area contributed by atoms with Crippen LogP contribution in [0.2, 0.25) is 0 Å². The number of carbonyl (C=O) groups is 2. The number of hydrogen-bond donors (Lipinski definition) is 1. The van der Waals surface area contributed by atoms with Crippen LogP contribution >= 0.6 is 15.9 Å². The molecule has 116 valence electrons. The number of rotatable bonds is 6. The van der Waals surface area contributed by atoms with Crippen LogP contribution in [-0.4, -0.2) is 24.9 Å². The van der Waals surface area contributed by atoms with Crippen LogP contribution in [0.4, 0.5) is 5.69 Å².